The summed E-state index contributed by atoms with van der Waals surface area (Å²) in [7, 11) is 0. The average Bonchev–Trinajstić information content (AvgIpc) is 2.52. The molecule has 0 spiro atoms. The zero-order chi connectivity index (χ0) is 16.1. The number of rotatable bonds is 3. The molecule has 2 aromatic carbocycles. The number of hydrogen-bond donors (Lipinski definition) is 1. The number of amides is 2. The molecular formula is C18H17NO3. The molecule has 22 heavy (non-hydrogen) atoms. The van der Waals surface area contributed by atoms with E-state index in [1.54, 1.807) is 48.5 Å². The fraction of sp³-hybridized carbons (Fsp3) is 0.111. The van der Waals surface area contributed by atoms with E-state index in [4.69, 9.17) is 0 Å². The van der Waals surface area contributed by atoms with E-state index in [1.807, 2.05) is 12.1 Å². The summed E-state index contributed by atoms with van der Waals surface area (Å²) in [4.78, 5) is 24.8. The van der Waals surface area contributed by atoms with Gasteiger partial charge in [-0.3, -0.25) is 9.59 Å². The van der Waals surface area contributed by atoms with Gasteiger partial charge in [0.05, 0.1) is 0 Å². The summed E-state index contributed by atoms with van der Waals surface area (Å²) in [5.41, 5.74) is 1.31. The maximum atomic E-state index is 11.9. The van der Waals surface area contributed by atoms with Crippen molar-refractivity contribution in [1.82, 2.24) is 4.90 Å². The van der Waals surface area contributed by atoms with Crippen LogP contribution in [0.5, 0.6) is 0 Å². The largest absolute Gasteiger partial charge is 0.505 e. The number of carbonyl (C=O) groups excluding carboxylic acids is 2. The van der Waals surface area contributed by atoms with Crippen LogP contribution in [0.15, 0.2) is 60.7 Å². The molecule has 0 aliphatic rings. The third-order valence-electron chi connectivity index (χ3n) is 3.17. The first-order valence-electron chi connectivity index (χ1n) is 6.87. The smallest absolute Gasteiger partial charge is 0.230 e. The molecule has 2 rings (SSSR count). The molecule has 0 aliphatic carbocycles. The molecule has 0 heterocycles. The van der Waals surface area contributed by atoms with Crippen molar-refractivity contribution in [3.8, 4) is 0 Å². The molecule has 0 aliphatic heterocycles. The first-order valence-corrected chi connectivity index (χ1v) is 6.87. The van der Waals surface area contributed by atoms with Gasteiger partial charge in [0.15, 0.2) is 0 Å². The Hall–Kier alpha value is -2.88. The Morgan fingerprint density at radius 1 is 0.773 bits per heavy atom. The van der Waals surface area contributed by atoms with Gasteiger partial charge >= 0.3 is 0 Å². The van der Waals surface area contributed by atoms with E-state index in [1.165, 1.54) is 13.8 Å². The van der Waals surface area contributed by atoms with Gasteiger partial charge in [-0.25, -0.2) is 4.90 Å². The van der Waals surface area contributed by atoms with Gasteiger partial charge in [0.2, 0.25) is 11.8 Å². The first-order chi connectivity index (χ1) is 10.5. The van der Waals surface area contributed by atoms with Crippen LogP contribution in [0.1, 0.15) is 25.0 Å². The molecule has 0 bridgehead atoms. The van der Waals surface area contributed by atoms with Crippen molar-refractivity contribution < 1.29 is 14.7 Å². The third-order valence-corrected chi connectivity index (χ3v) is 3.17. The number of hydrogen-bond acceptors (Lipinski definition) is 3. The van der Waals surface area contributed by atoms with E-state index in [9.17, 15) is 14.7 Å². The number of benzene rings is 2. The average molecular weight is 295 g/mol. The number of aliphatic hydroxyl groups excluding tert-OH is 1. The van der Waals surface area contributed by atoms with Gasteiger partial charge in [-0.15, -0.1) is 0 Å². The van der Waals surface area contributed by atoms with Gasteiger partial charge in [-0.2, -0.15) is 0 Å². The molecule has 1 N–H and O–H groups in total. The zero-order valence-electron chi connectivity index (χ0n) is 12.5. The van der Waals surface area contributed by atoms with Crippen molar-refractivity contribution in [3.05, 3.63) is 71.8 Å². The van der Waals surface area contributed by atoms with Crippen molar-refractivity contribution in [2.24, 2.45) is 0 Å². The number of imide groups is 1. The van der Waals surface area contributed by atoms with Crippen LogP contribution in [0.4, 0.5) is 0 Å². The standard InChI is InChI=1S/C18H17NO3/c1-13(20)19(14(2)21)17(15-9-5-3-6-10-15)18(22)16-11-7-4-8-12-16/h3-12,22H,1-2H3. The van der Waals surface area contributed by atoms with Crippen LogP contribution in [-0.2, 0) is 9.59 Å². The summed E-state index contributed by atoms with van der Waals surface area (Å²) in [6, 6.07) is 17.7. The Labute approximate surface area is 129 Å². The Balaban J connectivity index is 2.70. The lowest BCUT2D eigenvalue weighted by Crippen LogP contribution is -2.32. The second-order valence-corrected chi connectivity index (χ2v) is 4.80. The number of nitrogens with zero attached hydrogens (tertiary/aromatic N) is 1. The van der Waals surface area contributed by atoms with Crippen molar-refractivity contribution in [2.75, 3.05) is 0 Å². The molecule has 0 aromatic heterocycles. The second kappa shape index (κ2) is 6.72. The van der Waals surface area contributed by atoms with Crippen LogP contribution in [0.2, 0.25) is 0 Å². The first kappa shape index (κ1) is 15.5. The molecular weight excluding hydrogens is 278 g/mol. The molecule has 0 fully saturated rings. The van der Waals surface area contributed by atoms with Gasteiger partial charge in [-0.1, -0.05) is 60.7 Å². The van der Waals surface area contributed by atoms with Gasteiger partial charge in [-0.05, 0) is 0 Å². The normalized spacial score (nSPS) is 11.5. The lowest BCUT2D eigenvalue weighted by atomic mass is 10.0. The van der Waals surface area contributed by atoms with Crippen molar-refractivity contribution in [2.45, 2.75) is 13.8 Å². The van der Waals surface area contributed by atoms with Crippen molar-refractivity contribution in [1.29, 1.82) is 0 Å². The van der Waals surface area contributed by atoms with Crippen molar-refractivity contribution >= 4 is 23.3 Å². The fourth-order valence-corrected chi connectivity index (χ4v) is 2.24. The highest BCUT2D eigenvalue weighted by Crippen LogP contribution is 2.28. The summed E-state index contributed by atoms with van der Waals surface area (Å²) >= 11 is 0. The number of carbonyl (C=O) groups is 2. The summed E-state index contributed by atoms with van der Waals surface area (Å²) < 4.78 is 0. The number of aliphatic hydroxyl groups is 1. The van der Waals surface area contributed by atoms with Crippen molar-refractivity contribution in [3.63, 3.8) is 0 Å². The summed E-state index contributed by atoms with van der Waals surface area (Å²) in [6.45, 7) is 2.59. The Kier molecular flexibility index (Phi) is 4.73. The van der Waals surface area contributed by atoms with Gasteiger partial charge in [0.1, 0.15) is 11.5 Å². The summed E-state index contributed by atoms with van der Waals surface area (Å²) in [5.74, 6) is -1.01. The molecule has 2 amide bonds. The quantitative estimate of drug-likeness (QED) is 0.697. The maximum Gasteiger partial charge on any atom is 0.230 e. The van der Waals surface area contributed by atoms with E-state index in [2.05, 4.69) is 0 Å². The minimum atomic E-state index is -0.450. The van der Waals surface area contributed by atoms with Gasteiger partial charge in [0.25, 0.3) is 0 Å². The SMILES string of the molecule is CC(=O)N(C(C)=O)C(=C(O)c1ccccc1)c1ccccc1. The van der Waals surface area contributed by atoms with E-state index in [0.29, 0.717) is 11.1 Å². The zero-order valence-corrected chi connectivity index (χ0v) is 12.5. The summed E-state index contributed by atoms with van der Waals surface area (Å²) in [6.07, 6.45) is 0. The monoisotopic (exact) mass is 295 g/mol. The molecule has 2 aromatic rings. The summed E-state index contributed by atoms with van der Waals surface area (Å²) in [5, 5.41) is 10.6. The lowest BCUT2D eigenvalue weighted by Gasteiger charge is -2.22. The van der Waals surface area contributed by atoms with Crippen LogP contribution < -0.4 is 0 Å². The topological polar surface area (TPSA) is 57.6 Å². The molecule has 0 saturated carbocycles. The second-order valence-electron chi connectivity index (χ2n) is 4.80. The minimum Gasteiger partial charge on any atom is -0.505 e. The highest BCUT2D eigenvalue weighted by molar-refractivity contribution is 6.06. The molecule has 0 saturated heterocycles. The Morgan fingerprint density at radius 3 is 1.59 bits per heavy atom. The fourth-order valence-electron chi connectivity index (χ4n) is 2.24. The van der Waals surface area contributed by atoms with E-state index < -0.39 is 11.8 Å². The molecule has 0 atom stereocenters. The van der Waals surface area contributed by atoms with E-state index >= 15 is 0 Å². The Morgan fingerprint density at radius 2 is 1.18 bits per heavy atom. The Bertz CT molecular complexity index is 692. The molecule has 0 unspecified atom stereocenters. The van der Waals surface area contributed by atoms with E-state index in [-0.39, 0.29) is 11.5 Å². The van der Waals surface area contributed by atoms with Gasteiger partial charge in [0, 0.05) is 25.0 Å². The molecule has 4 nitrogen and oxygen atoms in total. The predicted octanol–water partition coefficient (Wildman–Crippen LogP) is 3.47. The predicted molar refractivity (Wildman–Crippen MR) is 85.5 cm³/mol. The third kappa shape index (κ3) is 3.23. The molecule has 112 valence electrons. The molecule has 4 heteroatoms. The molecule has 0 radical (unpaired) electrons. The van der Waals surface area contributed by atoms with Crippen LogP contribution in [-0.4, -0.2) is 21.8 Å². The van der Waals surface area contributed by atoms with Crippen LogP contribution in [0, 0.1) is 0 Å². The van der Waals surface area contributed by atoms with Gasteiger partial charge < -0.3 is 5.11 Å². The van der Waals surface area contributed by atoms with Crippen LogP contribution >= 0.6 is 0 Å². The maximum absolute atomic E-state index is 11.9. The highest BCUT2D eigenvalue weighted by atomic mass is 16.3. The highest BCUT2D eigenvalue weighted by Gasteiger charge is 2.24. The van der Waals surface area contributed by atoms with E-state index in [0.717, 1.165) is 4.90 Å². The van der Waals surface area contributed by atoms with Crippen LogP contribution in [0.25, 0.3) is 11.5 Å². The lowest BCUT2D eigenvalue weighted by molar-refractivity contribution is -0.137. The minimum absolute atomic E-state index is 0.114. The van der Waals surface area contributed by atoms with Crippen LogP contribution in [0.3, 0.4) is 0 Å².